The number of carbonyl (C=O) groups excluding carboxylic acids is 2. The van der Waals surface area contributed by atoms with Gasteiger partial charge >= 0.3 is 0 Å². The maximum Gasteiger partial charge on any atom is 0.220 e. The third kappa shape index (κ3) is 3.85. The van der Waals surface area contributed by atoms with Crippen LogP contribution >= 0.6 is 0 Å². The second-order valence-electron chi connectivity index (χ2n) is 6.84. The van der Waals surface area contributed by atoms with E-state index < -0.39 is 0 Å². The van der Waals surface area contributed by atoms with Crippen molar-refractivity contribution in [3.63, 3.8) is 0 Å². The number of benzene rings is 2. The zero-order valence-corrected chi connectivity index (χ0v) is 15.4. The molecule has 5 nitrogen and oxygen atoms in total. The second-order valence-corrected chi connectivity index (χ2v) is 6.84. The molecule has 0 radical (unpaired) electrons. The minimum absolute atomic E-state index is 0.0766. The van der Waals surface area contributed by atoms with E-state index in [1.807, 2.05) is 30.3 Å². The van der Waals surface area contributed by atoms with E-state index in [4.69, 9.17) is 0 Å². The molecule has 0 saturated carbocycles. The molecule has 1 saturated heterocycles. The Morgan fingerprint density at radius 3 is 2.33 bits per heavy atom. The molecular weight excluding hydrogens is 347 g/mol. The van der Waals surface area contributed by atoms with Crippen LogP contribution in [0.15, 0.2) is 48.5 Å². The molecule has 0 aliphatic carbocycles. The van der Waals surface area contributed by atoms with E-state index in [1.165, 1.54) is 26.0 Å². The summed E-state index contributed by atoms with van der Waals surface area (Å²) < 4.78 is 13.4. The number of amides is 2. The number of nitrogens with zero attached hydrogens (tertiary/aromatic N) is 1. The van der Waals surface area contributed by atoms with Gasteiger partial charge in [-0.15, -0.1) is 0 Å². The van der Waals surface area contributed by atoms with E-state index in [0.717, 1.165) is 16.7 Å². The lowest BCUT2D eigenvalue weighted by Crippen LogP contribution is -2.68. The van der Waals surface area contributed by atoms with E-state index in [-0.39, 0.29) is 42.2 Å². The summed E-state index contributed by atoms with van der Waals surface area (Å²) in [7, 11) is 0. The fourth-order valence-electron chi connectivity index (χ4n) is 3.90. The van der Waals surface area contributed by atoms with Gasteiger partial charge in [-0.3, -0.25) is 9.59 Å². The lowest BCUT2D eigenvalue weighted by molar-refractivity contribution is -0.148. The number of aliphatic hydroxyl groups is 1. The van der Waals surface area contributed by atoms with E-state index in [2.05, 4.69) is 5.32 Å². The SMILES string of the molecule is CC(=O)NC[C@H]1[C@@H](c2ccc(-c3cccc(F)c3)cc2)[C@H](CO)N1C(C)=O. The normalized spacial score (nSPS) is 21.5. The Morgan fingerprint density at radius 1 is 1.07 bits per heavy atom. The van der Waals surface area contributed by atoms with Gasteiger partial charge < -0.3 is 15.3 Å². The summed E-state index contributed by atoms with van der Waals surface area (Å²) in [5.41, 5.74) is 2.65. The maximum atomic E-state index is 13.4. The van der Waals surface area contributed by atoms with Gasteiger partial charge in [0.1, 0.15) is 5.82 Å². The van der Waals surface area contributed by atoms with Crippen molar-refractivity contribution in [2.45, 2.75) is 31.8 Å². The number of hydrogen-bond acceptors (Lipinski definition) is 3. The molecule has 1 fully saturated rings. The maximum absolute atomic E-state index is 13.4. The summed E-state index contributed by atoms with van der Waals surface area (Å²) in [6.07, 6.45) is 0. The van der Waals surface area contributed by atoms with Crippen LogP contribution in [0.5, 0.6) is 0 Å². The lowest BCUT2D eigenvalue weighted by atomic mass is 9.74. The van der Waals surface area contributed by atoms with E-state index in [9.17, 15) is 19.1 Å². The first-order chi connectivity index (χ1) is 12.9. The van der Waals surface area contributed by atoms with Crippen LogP contribution in [0.4, 0.5) is 4.39 Å². The quantitative estimate of drug-likeness (QED) is 0.849. The number of rotatable bonds is 5. The van der Waals surface area contributed by atoms with E-state index in [1.54, 1.807) is 11.0 Å². The zero-order chi connectivity index (χ0) is 19.6. The highest BCUT2D eigenvalue weighted by atomic mass is 19.1. The molecule has 0 aromatic heterocycles. The number of halogens is 1. The minimum atomic E-state index is -0.318. The molecule has 3 rings (SSSR count). The molecule has 1 aliphatic rings. The van der Waals surface area contributed by atoms with Crippen LogP contribution in [-0.2, 0) is 9.59 Å². The average Bonchev–Trinajstić information content (AvgIpc) is 2.61. The molecule has 142 valence electrons. The Bertz CT molecular complexity index is 838. The molecule has 1 heterocycles. The smallest absolute Gasteiger partial charge is 0.220 e. The van der Waals surface area contributed by atoms with Gasteiger partial charge in [-0.05, 0) is 28.8 Å². The van der Waals surface area contributed by atoms with Gasteiger partial charge in [0.15, 0.2) is 0 Å². The molecule has 3 atom stereocenters. The summed E-state index contributed by atoms with van der Waals surface area (Å²) >= 11 is 0. The van der Waals surface area contributed by atoms with Crippen molar-refractivity contribution in [3.8, 4) is 11.1 Å². The lowest BCUT2D eigenvalue weighted by Gasteiger charge is -2.54. The van der Waals surface area contributed by atoms with Crippen LogP contribution in [0.3, 0.4) is 0 Å². The molecule has 2 N–H and O–H groups in total. The first kappa shape index (κ1) is 19.0. The first-order valence-corrected chi connectivity index (χ1v) is 8.92. The van der Waals surface area contributed by atoms with Gasteiger partial charge in [-0.2, -0.15) is 0 Å². The van der Waals surface area contributed by atoms with Crippen LogP contribution in [0.2, 0.25) is 0 Å². The highest BCUT2D eigenvalue weighted by Crippen LogP contribution is 2.41. The van der Waals surface area contributed by atoms with Crippen molar-refractivity contribution in [2.75, 3.05) is 13.2 Å². The largest absolute Gasteiger partial charge is 0.394 e. The van der Waals surface area contributed by atoms with Crippen LogP contribution in [0.25, 0.3) is 11.1 Å². The number of aliphatic hydroxyl groups excluding tert-OH is 1. The molecule has 0 unspecified atom stereocenters. The van der Waals surface area contributed by atoms with Gasteiger partial charge in [-0.25, -0.2) is 4.39 Å². The molecule has 6 heteroatoms. The number of nitrogens with one attached hydrogen (secondary N) is 1. The topological polar surface area (TPSA) is 69.6 Å². The summed E-state index contributed by atoms with van der Waals surface area (Å²) in [6, 6.07) is 13.6. The number of hydrogen-bond donors (Lipinski definition) is 2. The van der Waals surface area contributed by atoms with E-state index in [0.29, 0.717) is 6.54 Å². The summed E-state index contributed by atoms with van der Waals surface area (Å²) in [4.78, 5) is 24.9. The number of carbonyl (C=O) groups is 2. The van der Waals surface area contributed by atoms with Gasteiger partial charge in [0.05, 0.1) is 18.7 Å². The number of likely N-dealkylation sites (tertiary alicyclic amines) is 1. The summed E-state index contributed by atoms with van der Waals surface area (Å²) in [5.74, 6) is -0.654. The Hall–Kier alpha value is -2.73. The third-order valence-electron chi connectivity index (χ3n) is 5.11. The minimum Gasteiger partial charge on any atom is -0.394 e. The van der Waals surface area contributed by atoms with Gasteiger partial charge in [-0.1, -0.05) is 36.4 Å². The van der Waals surface area contributed by atoms with Crippen molar-refractivity contribution in [1.82, 2.24) is 10.2 Å². The molecule has 2 amide bonds. The predicted octanol–water partition coefficient (Wildman–Crippen LogP) is 2.30. The van der Waals surface area contributed by atoms with Crippen LogP contribution in [0.1, 0.15) is 25.3 Å². The first-order valence-electron chi connectivity index (χ1n) is 8.92. The fourth-order valence-corrected chi connectivity index (χ4v) is 3.90. The molecule has 27 heavy (non-hydrogen) atoms. The predicted molar refractivity (Wildman–Crippen MR) is 100 cm³/mol. The highest BCUT2D eigenvalue weighted by molar-refractivity contribution is 5.77. The Kier molecular flexibility index (Phi) is 5.56. The molecule has 2 aromatic rings. The van der Waals surface area contributed by atoms with E-state index >= 15 is 0 Å². The van der Waals surface area contributed by atoms with Crippen molar-refractivity contribution < 1.29 is 19.1 Å². The molecule has 0 bridgehead atoms. The average molecular weight is 370 g/mol. The standard InChI is InChI=1S/C21H23FN2O3/c1-13(26)23-11-19-21(20(12-25)24(19)14(2)27)16-8-6-15(7-9-16)17-4-3-5-18(22)10-17/h3-10,19-21,25H,11-12H2,1-2H3,(H,23,26)/t19-,20-,21+/m0/s1. The van der Waals surface area contributed by atoms with Gasteiger partial charge in [0.2, 0.25) is 11.8 Å². The van der Waals surface area contributed by atoms with Crippen molar-refractivity contribution in [1.29, 1.82) is 0 Å². The Morgan fingerprint density at radius 2 is 1.78 bits per heavy atom. The van der Waals surface area contributed by atoms with Crippen LogP contribution in [-0.4, -0.2) is 47.1 Å². The van der Waals surface area contributed by atoms with Crippen molar-refractivity contribution >= 4 is 11.8 Å². The Labute approximate surface area is 157 Å². The molecule has 1 aliphatic heterocycles. The summed E-state index contributed by atoms with van der Waals surface area (Å²) in [6.45, 7) is 3.09. The van der Waals surface area contributed by atoms with Crippen LogP contribution < -0.4 is 5.32 Å². The third-order valence-corrected chi connectivity index (χ3v) is 5.11. The van der Waals surface area contributed by atoms with Crippen molar-refractivity contribution in [3.05, 3.63) is 59.9 Å². The Balaban J connectivity index is 1.85. The summed E-state index contributed by atoms with van der Waals surface area (Å²) in [5, 5.41) is 12.5. The fraction of sp³-hybridized carbons (Fsp3) is 0.333. The highest BCUT2D eigenvalue weighted by Gasteiger charge is 2.49. The molecule has 0 spiro atoms. The van der Waals surface area contributed by atoms with Gasteiger partial charge in [0.25, 0.3) is 0 Å². The molecule has 2 aromatic carbocycles. The zero-order valence-electron chi connectivity index (χ0n) is 15.4. The second kappa shape index (κ2) is 7.88. The van der Waals surface area contributed by atoms with Gasteiger partial charge in [0, 0.05) is 26.3 Å². The van der Waals surface area contributed by atoms with Crippen molar-refractivity contribution in [2.24, 2.45) is 0 Å². The monoisotopic (exact) mass is 370 g/mol. The van der Waals surface area contributed by atoms with Crippen LogP contribution in [0, 0.1) is 5.82 Å². The molecular formula is C21H23FN2O3.